The fourth-order valence-corrected chi connectivity index (χ4v) is 3.88. The van der Waals surface area contributed by atoms with Crippen molar-refractivity contribution < 1.29 is 4.79 Å². The van der Waals surface area contributed by atoms with Crippen LogP contribution in [0.5, 0.6) is 0 Å². The first kappa shape index (κ1) is 16.7. The maximum absolute atomic E-state index is 12.3. The number of fused-ring (bicyclic) bond motifs is 1. The van der Waals surface area contributed by atoms with Crippen LogP contribution in [0.1, 0.15) is 33.3 Å². The van der Waals surface area contributed by atoms with Gasteiger partial charge in [0.2, 0.25) is 0 Å². The molecule has 0 aliphatic heterocycles. The van der Waals surface area contributed by atoms with Gasteiger partial charge in [0.15, 0.2) is 0 Å². The molecule has 0 saturated heterocycles. The molecule has 0 saturated carbocycles. The molecule has 0 bridgehead atoms. The number of halogens is 1. The van der Waals surface area contributed by atoms with E-state index in [-0.39, 0.29) is 5.91 Å². The standard InChI is InChI=1S/C19H17ClN2OS/c1-3-13-5-7-14(8-6-13)11-21-22-19(23)18-17(20)15-9-4-12(2)10-16(15)24-18/h4-11H,3H2,1-2H3,(H,22,23)/b21-11-. The molecule has 24 heavy (non-hydrogen) atoms. The first-order valence-corrected chi connectivity index (χ1v) is 8.89. The third-order valence-electron chi connectivity index (χ3n) is 3.76. The number of nitrogens with one attached hydrogen (secondary N) is 1. The fraction of sp³-hybridized carbons (Fsp3) is 0.158. The molecule has 3 aromatic rings. The lowest BCUT2D eigenvalue weighted by Crippen LogP contribution is -2.16. The molecule has 0 aliphatic carbocycles. The molecule has 122 valence electrons. The maximum atomic E-state index is 12.3. The molecule has 1 aromatic heterocycles. The molecule has 3 rings (SSSR count). The van der Waals surface area contributed by atoms with E-state index in [1.54, 1.807) is 6.21 Å². The Balaban J connectivity index is 1.74. The number of carbonyl (C=O) groups excluding carboxylic acids is 1. The van der Waals surface area contributed by atoms with E-state index in [1.165, 1.54) is 16.9 Å². The van der Waals surface area contributed by atoms with Crippen LogP contribution in [-0.2, 0) is 6.42 Å². The number of thiophene rings is 1. The van der Waals surface area contributed by atoms with Crippen LogP contribution in [0.3, 0.4) is 0 Å². The van der Waals surface area contributed by atoms with Gasteiger partial charge >= 0.3 is 0 Å². The lowest BCUT2D eigenvalue weighted by Gasteiger charge is -1.99. The number of amides is 1. The highest BCUT2D eigenvalue weighted by atomic mass is 35.5. The van der Waals surface area contributed by atoms with Crippen molar-refractivity contribution in [3.63, 3.8) is 0 Å². The first-order chi connectivity index (χ1) is 11.6. The summed E-state index contributed by atoms with van der Waals surface area (Å²) in [5, 5.41) is 5.41. The van der Waals surface area contributed by atoms with E-state index in [9.17, 15) is 4.79 Å². The second kappa shape index (κ2) is 7.16. The highest BCUT2D eigenvalue weighted by Crippen LogP contribution is 2.35. The third-order valence-corrected chi connectivity index (χ3v) is 5.41. The second-order valence-electron chi connectivity index (χ2n) is 5.54. The average Bonchev–Trinajstić information content (AvgIpc) is 2.91. The van der Waals surface area contributed by atoms with Gasteiger partial charge in [-0.2, -0.15) is 5.10 Å². The van der Waals surface area contributed by atoms with Crippen LogP contribution >= 0.6 is 22.9 Å². The molecule has 1 heterocycles. The Morgan fingerprint density at radius 1 is 1.25 bits per heavy atom. The van der Waals surface area contributed by atoms with E-state index < -0.39 is 0 Å². The minimum Gasteiger partial charge on any atom is -0.266 e. The normalized spacial score (nSPS) is 11.3. The van der Waals surface area contributed by atoms with E-state index in [0.29, 0.717) is 9.90 Å². The number of hydrogen-bond donors (Lipinski definition) is 1. The van der Waals surface area contributed by atoms with Crippen molar-refractivity contribution in [3.8, 4) is 0 Å². The summed E-state index contributed by atoms with van der Waals surface area (Å²) in [7, 11) is 0. The third kappa shape index (κ3) is 3.50. The van der Waals surface area contributed by atoms with Crippen molar-refractivity contribution in [2.75, 3.05) is 0 Å². The van der Waals surface area contributed by atoms with Crippen molar-refractivity contribution in [3.05, 3.63) is 69.1 Å². The Morgan fingerprint density at radius 3 is 2.71 bits per heavy atom. The predicted octanol–water partition coefficient (Wildman–Crippen LogP) is 5.19. The largest absolute Gasteiger partial charge is 0.283 e. The van der Waals surface area contributed by atoms with Crippen LogP contribution in [0.15, 0.2) is 47.6 Å². The molecule has 5 heteroatoms. The fourth-order valence-electron chi connectivity index (χ4n) is 2.37. The summed E-state index contributed by atoms with van der Waals surface area (Å²) < 4.78 is 1.00. The number of rotatable bonds is 4. The van der Waals surface area contributed by atoms with Crippen LogP contribution in [0.25, 0.3) is 10.1 Å². The Hall–Kier alpha value is -2.17. The summed E-state index contributed by atoms with van der Waals surface area (Å²) in [6.07, 6.45) is 2.63. The molecule has 1 amide bonds. The van der Waals surface area contributed by atoms with Crippen LogP contribution in [0.2, 0.25) is 5.02 Å². The summed E-state index contributed by atoms with van der Waals surface area (Å²) in [4.78, 5) is 12.8. The molecule has 0 spiro atoms. The van der Waals surface area contributed by atoms with Gasteiger partial charge in [-0.25, -0.2) is 5.43 Å². The predicted molar refractivity (Wildman–Crippen MR) is 102 cm³/mol. The SMILES string of the molecule is CCc1ccc(/C=N\NC(=O)c2sc3cc(C)ccc3c2Cl)cc1. The molecule has 0 unspecified atom stereocenters. The van der Waals surface area contributed by atoms with Gasteiger partial charge in [0, 0.05) is 10.1 Å². The van der Waals surface area contributed by atoms with E-state index in [2.05, 4.69) is 17.5 Å². The summed E-state index contributed by atoms with van der Waals surface area (Å²) >= 11 is 7.71. The second-order valence-corrected chi connectivity index (χ2v) is 6.97. The smallest absolute Gasteiger partial charge is 0.266 e. The van der Waals surface area contributed by atoms with Crippen molar-refractivity contribution in [2.45, 2.75) is 20.3 Å². The average molecular weight is 357 g/mol. The van der Waals surface area contributed by atoms with E-state index in [0.717, 1.165) is 27.6 Å². The molecule has 3 nitrogen and oxygen atoms in total. The minimum atomic E-state index is -0.291. The van der Waals surface area contributed by atoms with Gasteiger partial charge in [-0.15, -0.1) is 11.3 Å². The summed E-state index contributed by atoms with van der Waals surface area (Å²) in [6, 6.07) is 14.0. The van der Waals surface area contributed by atoms with Gasteiger partial charge in [-0.05, 0) is 36.1 Å². The number of benzene rings is 2. The van der Waals surface area contributed by atoms with Crippen molar-refractivity contribution in [1.82, 2.24) is 5.43 Å². The maximum Gasteiger partial charge on any atom is 0.283 e. The zero-order valence-corrected chi connectivity index (χ0v) is 15.0. The lowest BCUT2D eigenvalue weighted by atomic mass is 10.1. The molecule has 0 fully saturated rings. The topological polar surface area (TPSA) is 41.5 Å². The number of carbonyl (C=O) groups is 1. The van der Waals surface area contributed by atoms with Crippen molar-refractivity contribution in [1.29, 1.82) is 0 Å². The zero-order valence-electron chi connectivity index (χ0n) is 13.5. The van der Waals surface area contributed by atoms with Gasteiger partial charge in [0.25, 0.3) is 5.91 Å². The van der Waals surface area contributed by atoms with Gasteiger partial charge in [0.1, 0.15) is 4.88 Å². The Kier molecular flexibility index (Phi) is 4.97. The Morgan fingerprint density at radius 2 is 2.00 bits per heavy atom. The molecular formula is C19H17ClN2OS. The van der Waals surface area contributed by atoms with Crippen LogP contribution < -0.4 is 5.43 Å². The van der Waals surface area contributed by atoms with Crippen LogP contribution in [0.4, 0.5) is 0 Å². The first-order valence-electron chi connectivity index (χ1n) is 7.69. The monoisotopic (exact) mass is 356 g/mol. The van der Waals surface area contributed by atoms with Crippen LogP contribution in [0, 0.1) is 6.92 Å². The lowest BCUT2D eigenvalue weighted by molar-refractivity contribution is 0.0959. The summed E-state index contributed by atoms with van der Waals surface area (Å²) in [6.45, 7) is 4.13. The zero-order chi connectivity index (χ0) is 17.1. The minimum absolute atomic E-state index is 0.291. The molecule has 2 aromatic carbocycles. The van der Waals surface area contributed by atoms with Crippen LogP contribution in [-0.4, -0.2) is 12.1 Å². The highest BCUT2D eigenvalue weighted by molar-refractivity contribution is 7.21. The molecule has 0 radical (unpaired) electrons. The Bertz CT molecular complexity index is 913. The van der Waals surface area contributed by atoms with Gasteiger partial charge < -0.3 is 0 Å². The number of aryl methyl sites for hydroxylation is 2. The summed E-state index contributed by atoms with van der Waals surface area (Å²) in [5.74, 6) is -0.291. The molecule has 0 aliphatic rings. The number of nitrogens with zero attached hydrogens (tertiary/aromatic N) is 1. The summed E-state index contributed by atoms with van der Waals surface area (Å²) in [5.41, 5.74) is 5.89. The van der Waals surface area contributed by atoms with E-state index in [1.807, 2.05) is 49.4 Å². The van der Waals surface area contributed by atoms with E-state index in [4.69, 9.17) is 11.6 Å². The van der Waals surface area contributed by atoms with E-state index >= 15 is 0 Å². The van der Waals surface area contributed by atoms with Gasteiger partial charge in [-0.1, -0.05) is 54.9 Å². The van der Waals surface area contributed by atoms with Crippen molar-refractivity contribution >= 4 is 45.1 Å². The Labute approximate surface area is 150 Å². The van der Waals surface area contributed by atoms with Crippen molar-refractivity contribution in [2.24, 2.45) is 5.10 Å². The molecular weight excluding hydrogens is 340 g/mol. The van der Waals surface area contributed by atoms with Gasteiger partial charge in [-0.3, -0.25) is 4.79 Å². The molecule has 1 N–H and O–H groups in total. The molecule has 0 atom stereocenters. The number of hydrogen-bond acceptors (Lipinski definition) is 3. The highest BCUT2D eigenvalue weighted by Gasteiger charge is 2.16. The number of hydrazone groups is 1. The quantitative estimate of drug-likeness (QED) is 0.507. The van der Waals surface area contributed by atoms with Gasteiger partial charge in [0.05, 0.1) is 11.2 Å².